The van der Waals surface area contributed by atoms with E-state index >= 15 is 0 Å². The van der Waals surface area contributed by atoms with E-state index in [1.807, 2.05) is 0 Å². The summed E-state index contributed by atoms with van der Waals surface area (Å²) in [7, 11) is 2.99. The van der Waals surface area contributed by atoms with Crippen LogP contribution >= 0.6 is 11.6 Å². The Morgan fingerprint density at radius 3 is 2.47 bits per heavy atom. The van der Waals surface area contributed by atoms with Gasteiger partial charge in [0.25, 0.3) is 11.7 Å². The molecular formula is C25H27ClN2O6. The number of carbonyl (C=O) groups excluding carboxylic acids is 2. The highest BCUT2D eigenvalue weighted by molar-refractivity contribution is 6.46. The number of ketones is 1. The predicted octanol–water partition coefficient (Wildman–Crippen LogP) is 3.11. The SMILES string of the molecule is COc1ccc(C(O)=C2C(=O)C(=O)N(CCN3CCOCC3)C2c2cccc(Cl)c2)cc1OC. The number of aliphatic hydroxyl groups is 1. The van der Waals surface area contributed by atoms with Crippen LogP contribution in [0.3, 0.4) is 0 Å². The van der Waals surface area contributed by atoms with Gasteiger partial charge in [0.1, 0.15) is 5.76 Å². The maximum Gasteiger partial charge on any atom is 0.295 e. The van der Waals surface area contributed by atoms with Crippen molar-refractivity contribution in [1.82, 2.24) is 9.80 Å². The minimum absolute atomic E-state index is 0.0152. The van der Waals surface area contributed by atoms with Gasteiger partial charge in [0, 0.05) is 36.8 Å². The average Bonchev–Trinajstić information content (AvgIpc) is 3.12. The Morgan fingerprint density at radius 2 is 1.79 bits per heavy atom. The van der Waals surface area contributed by atoms with Crippen LogP contribution in [0.25, 0.3) is 5.76 Å². The van der Waals surface area contributed by atoms with E-state index in [2.05, 4.69) is 4.90 Å². The van der Waals surface area contributed by atoms with Crippen molar-refractivity contribution in [2.75, 3.05) is 53.6 Å². The van der Waals surface area contributed by atoms with Gasteiger partial charge >= 0.3 is 0 Å². The Balaban J connectivity index is 1.76. The molecule has 0 bridgehead atoms. The second-order valence-corrected chi connectivity index (χ2v) is 8.51. The van der Waals surface area contributed by atoms with Crippen LogP contribution in [0.15, 0.2) is 48.0 Å². The van der Waals surface area contributed by atoms with Crippen molar-refractivity contribution in [3.63, 3.8) is 0 Å². The number of amides is 1. The van der Waals surface area contributed by atoms with E-state index in [1.54, 1.807) is 42.5 Å². The van der Waals surface area contributed by atoms with Crippen LogP contribution in [0, 0.1) is 0 Å². The molecule has 0 radical (unpaired) electrons. The molecule has 1 amide bonds. The number of halogens is 1. The van der Waals surface area contributed by atoms with E-state index in [0.717, 1.165) is 13.1 Å². The second kappa shape index (κ2) is 10.5. The minimum atomic E-state index is -0.771. The molecule has 1 unspecified atom stereocenters. The van der Waals surface area contributed by atoms with Crippen molar-refractivity contribution < 1.29 is 28.9 Å². The lowest BCUT2D eigenvalue weighted by molar-refractivity contribution is -0.140. The fourth-order valence-electron chi connectivity index (χ4n) is 4.35. The summed E-state index contributed by atoms with van der Waals surface area (Å²) in [4.78, 5) is 30.0. The first-order valence-electron chi connectivity index (χ1n) is 11.0. The molecule has 2 aliphatic rings. The molecule has 4 rings (SSSR count). The van der Waals surface area contributed by atoms with Gasteiger partial charge in [0.2, 0.25) is 0 Å². The zero-order valence-corrected chi connectivity index (χ0v) is 19.9. The van der Waals surface area contributed by atoms with Crippen molar-refractivity contribution in [2.45, 2.75) is 6.04 Å². The molecule has 8 nitrogen and oxygen atoms in total. The summed E-state index contributed by atoms with van der Waals surface area (Å²) in [6.07, 6.45) is 0. The first kappa shape index (κ1) is 24.1. The van der Waals surface area contributed by atoms with Gasteiger partial charge in [-0.25, -0.2) is 0 Å². The van der Waals surface area contributed by atoms with Crippen molar-refractivity contribution >= 4 is 29.1 Å². The maximum atomic E-state index is 13.2. The normalized spacial score (nSPS) is 20.6. The van der Waals surface area contributed by atoms with Crippen molar-refractivity contribution in [2.24, 2.45) is 0 Å². The monoisotopic (exact) mass is 486 g/mol. The van der Waals surface area contributed by atoms with Gasteiger partial charge in [-0.05, 0) is 35.9 Å². The number of hydrogen-bond donors (Lipinski definition) is 1. The van der Waals surface area contributed by atoms with Gasteiger partial charge in [0.05, 0.1) is 39.0 Å². The lowest BCUT2D eigenvalue weighted by Crippen LogP contribution is -2.42. The number of hydrogen-bond acceptors (Lipinski definition) is 7. The molecule has 2 aromatic rings. The molecule has 1 N–H and O–H groups in total. The van der Waals surface area contributed by atoms with Crippen LogP contribution in [0.1, 0.15) is 17.2 Å². The van der Waals surface area contributed by atoms with Crippen molar-refractivity contribution in [3.05, 3.63) is 64.2 Å². The lowest BCUT2D eigenvalue weighted by atomic mass is 9.95. The Bertz CT molecular complexity index is 1110. The molecule has 1 atom stereocenters. The molecule has 2 saturated heterocycles. The summed E-state index contributed by atoms with van der Waals surface area (Å²) in [6, 6.07) is 11.0. The fourth-order valence-corrected chi connectivity index (χ4v) is 4.55. The third-order valence-corrected chi connectivity index (χ3v) is 6.36. The smallest absolute Gasteiger partial charge is 0.295 e. The van der Waals surface area contributed by atoms with Crippen LogP contribution in [-0.2, 0) is 14.3 Å². The van der Waals surface area contributed by atoms with Gasteiger partial charge in [-0.2, -0.15) is 0 Å². The molecule has 2 heterocycles. The number of nitrogens with zero attached hydrogens (tertiary/aromatic N) is 2. The standard InChI is InChI=1S/C25H27ClN2O6/c1-32-19-7-6-17(15-20(19)33-2)23(29)21-22(16-4-3-5-18(26)14-16)28(25(31)24(21)30)9-8-27-10-12-34-13-11-27/h3-7,14-15,22,29H,8-13H2,1-2H3. The van der Waals surface area contributed by atoms with Gasteiger partial charge in [-0.1, -0.05) is 23.7 Å². The van der Waals surface area contributed by atoms with E-state index in [9.17, 15) is 14.7 Å². The number of likely N-dealkylation sites (tertiary alicyclic amines) is 1. The number of ether oxygens (including phenoxy) is 3. The quantitative estimate of drug-likeness (QED) is 0.365. The molecule has 0 spiro atoms. The molecule has 0 aliphatic carbocycles. The second-order valence-electron chi connectivity index (χ2n) is 8.07. The van der Waals surface area contributed by atoms with Gasteiger partial charge in [-0.15, -0.1) is 0 Å². The molecule has 9 heteroatoms. The molecule has 2 aromatic carbocycles. The third-order valence-electron chi connectivity index (χ3n) is 6.12. The summed E-state index contributed by atoms with van der Waals surface area (Å²) in [5, 5.41) is 11.7. The highest BCUT2D eigenvalue weighted by atomic mass is 35.5. The molecule has 0 saturated carbocycles. The summed E-state index contributed by atoms with van der Waals surface area (Å²) in [5.41, 5.74) is 1.01. The third kappa shape index (κ3) is 4.75. The summed E-state index contributed by atoms with van der Waals surface area (Å²) >= 11 is 6.24. The molecule has 34 heavy (non-hydrogen) atoms. The average molecular weight is 487 g/mol. The Hall–Kier alpha value is -3.07. The van der Waals surface area contributed by atoms with Crippen LogP contribution in [0.4, 0.5) is 0 Å². The van der Waals surface area contributed by atoms with Gasteiger partial charge < -0.3 is 24.2 Å². The van der Waals surface area contributed by atoms with Crippen molar-refractivity contribution in [3.8, 4) is 11.5 Å². The zero-order chi connectivity index (χ0) is 24.2. The van der Waals surface area contributed by atoms with E-state index < -0.39 is 17.7 Å². The number of benzene rings is 2. The highest BCUT2D eigenvalue weighted by Gasteiger charge is 2.46. The lowest BCUT2D eigenvalue weighted by Gasteiger charge is -2.31. The zero-order valence-electron chi connectivity index (χ0n) is 19.1. The Kier molecular flexibility index (Phi) is 7.41. The molecular weight excluding hydrogens is 460 g/mol. The van der Waals surface area contributed by atoms with E-state index in [1.165, 1.54) is 19.1 Å². The number of carbonyl (C=O) groups is 2. The number of aliphatic hydroxyl groups excluding tert-OH is 1. The van der Waals surface area contributed by atoms with E-state index in [-0.39, 0.29) is 11.3 Å². The topological polar surface area (TPSA) is 88.5 Å². The fraction of sp³-hybridized carbons (Fsp3) is 0.360. The van der Waals surface area contributed by atoms with Gasteiger partial charge in [-0.3, -0.25) is 14.5 Å². The molecule has 2 fully saturated rings. The summed E-state index contributed by atoms with van der Waals surface area (Å²) < 4.78 is 16.0. The first-order chi connectivity index (χ1) is 16.4. The van der Waals surface area contributed by atoms with Crippen LogP contribution in [0.2, 0.25) is 5.02 Å². The van der Waals surface area contributed by atoms with Crippen LogP contribution < -0.4 is 9.47 Å². The largest absolute Gasteiger partial charge is 0.507 e. The number of Topliss-reactive ketones (excluding diaryl/α,β-unsaturated/α-hetero) is 1. The van der Waals surface area contributed by atoms with Crippen molar-refractivity contribution in [1.29, 1.82) is 0 Å². The van der Waals surface area contributed by atoms with E-state index in [0.29, 0.717) is 54.0 Å². The molecule has 180 valence electrons. The number of rotatable bonds is 7. The van der Waals surface area contributed by atoms with Crippen LogP contribution in [0.5, 0.6) is 11.5 Å². The molecule has 0 aromatic heterocycles. The molecule has 2 aliphatic heterocycles. The van der Waals surface area contributed by atoms with Crippen LogP contribution in [-0.4, -0.2) is 80.2 Å². The van der Waals surface area contributed by atoms with Gasteiger partial charge in [0.15, 0.2) is 11.5 Å². The Labute approximate surface area is 203 Å². The van der Waals surface area contributed by atoms with E-state index in [4.69, 9.17) is 25.8 Å². The predicted molar refractivity (Wildman–Crippen MR) is 127 cm³/mol. The number of methoxy groups -OCH3 is 2. The summed E-state index contributed by atoms with van der Waals surface area (Å²) in [5.74, 6) is -0.790. The highest BCUT2D eigenvalue weighted by Crippen LogP contribution is 2.41. The minimum Gasteiger partial charge on any atom is -0.507 e. The summed E-state index contributed by atoms with van der Waals surface area (Å²) in [6.45, 7) is 3.70. The Morgan fingerprint density at radius 1 is 1.06 bits per heavy atom. The number of morpholine rings is 1. The maximum absolute atomic E-state index is 13.2. The first-order valence-corrected chi connectivity index (χ1v) is 11.4.